The fourth-order valence-electron chi connectivity index (χ4n) is 2.03. The Morgan fingerprint density at radius 1 is 1.30 bits per heavy atom. The minimum Gasteiger partial charge on any atom is -0.382 e. The molecule has 0 saturated carbocycles. The Bertz CT molecular complexity index is 475. The molecule has 1 atom stereocenters. The first kappa shape index (κ1) is 16.4. The van der Waals surface area contributed by atoms with E-state index in [0.29, 0.717) is 5.69 Å². The summed E-state index contributed by atoms with van der Waals surface area (Å²) >= 11 is 0. The minimum absolute atomic E-state index is 0.156. The molecule has 20 heavy (non-hydrogen) atoms. The van der Waals surface area contributed by atoms with Crippen LogP contribution in [-0.4, -0.2) is 6.04 Å². The van der Waals surface area contributed by atoms with Gasteiger partial charge in [-0.25, -0.2) is 0 Å². The topological polar surface area (TPSA) is 35.8 Å². The molecule has 0 aromatic heterocycles. The van der Waals surface area contributed by atoms with Gasteiger partial charge in [-0.2, -0.15) is 18.4 Å². The van der Waals surface area contributed by atoms with Crippen molar-refractivity contribution in [3.63, 3.8) is 0 Å². The van der Waals surface area contributed by atoms with Gasteiger partial charge in [-0.05, 0) is 31.0 Å². The van der Waals surface area contributed by atoms with Crippen molar-refractivity contribution in [1.82, 2.24) is 0 Å². The predicted octanol–water partition coefficient (Wildman–Crippen LogP) is 4.96. The van der Waals surface area contributed by atoms with Gasteiger partial charge in [0, 0.05) is 11.7 Å². The Hall–Kier alpha value is -1.70. The number of benzene rings is 1. The molecule has 0 radical (unpaired) electrons. The zero-order valence-corrected chi connectivity index (χ0v) is 11.7. The molecule has 1 aromatic rings. The number of unbranched alkanes of at least 4 members (excludes halogenated alkanes) is 1. The van der Waals surface area contributed by atoms with Gasteiger partial charge in [0.1, 0.15) is 0 Å². The van der Waals surface area contributed by atoms with E-state index in [2.05, 4.69) is 12.2 Å². The molecule has 1 aromatic carbocycles. The summed E-state index contributed by atoms with van der Waals surface area (Å²) in [4.78, 5) is 0. The summed E-state index contributed by atoms with van der Waals surface area (Å²) in [5.41, 5.74) is -0.806. The first-order valence-electron chi connectivity index (χ1n) is 6.80. The van der Waals surface area contributed by atoms with Gasteiger partial charge in [-0.1, -0.05) is 26.7 Å². The highest BCUT2D eigenvalue weighted by Crippen LogP contribution is 2.33. The number of anilines is 1. The van der Waals surface area contributed by atoms with Crippen molar-refractivity contribution >= 4 is 5.69 Å². The van der Waals surface area contributed by atoms with Crippen LogP contribution in [-0.2, 0) is 6.18 Å². The van der Waals surface area contributed by atoms with E-state index in [1.807, 2.05) is 6.92 Å². The molecule has 5 heteroatoms. The third-order valence-electron chi connectivity index (χ3n) is 3.22. The van der Waals surface area contributed by atoms with E-state index in [9.17, 15) is 13.2 Å². The van der Waals surface area contributed by atoms with Gasteiger partial charge in [-0.3, -0.25) is 0 Å². The summed E-state index contributed by atoms with van der Waals surface area (Å²) in [6, 6.07) is 5.51. The Kier molecular flexibility index (Phi) is 5.87. The maximum absolute atomic E-state index is 12.9. The van der Waals surface area contributed by atoms with E-state index in [1.165, 1.54) is 12.1 Å². The molecular formula is C15H19F3N2. The van der Waals surface area contributed by atoms with Crippen LogP contribution in [0.1, 0.15) is 50.7 Å². The normalized spacial score (nSPS) is 12.8. The molecule has 1 unspecified atom stereocenters. The smallest absolute Gasteiger partial charge is 0.382 e. The van der Waals surface area contributed by atoms with Crippen molar-refractivity contribution in [2.75, 3.05) is 5.32 Å². The largest absolute Gasteiger partial charge is 0.417 e. The van der Waals surface area contributed by atoms with Gasteiger partial charge < -0.3 is 5.32 Å². The van der Waals surface area contributed by atoms with Crippen molar-refractivity contribution < 1.29 is 13.2 Å². The molecule has 0 heterocycles. The third kappa shape index (κ3) is 4.44. The first-order valence-corrected chi connectivity index (χ1v) is 6.80. The highest BCUT2D eigenvalue weighted by molar-refractivity contribution is 5.53. The van der Waals surface area contributed by atoms with Gasteiger partial charge in [0.25, 0.3) is 0 Å². The predicted molar refractivity (Wildman–Crippen MR) is 73.4 cm³/mol. The average Bonchev–Trinajstić information content (AvgIpc) is 2.42. The van der Waals surface area contributed by atoms with E-state index in [-0.39, 0.29) is 11.6 Å². The van der Waals surface area contributed by atoms with E-state index < -0.39 is 11.7 Å². The number of nitriles is 1. The van der Waals surface area contributed by atoms with Crippen LogP contribution in [0.5, 0.6) is 0 Å². The number of nitrogens with zero attached hydrogens (tertiary/aromatic N) is 1. The van der Waals surface area contributed by atoms with E-state index >= 15 is 0 Å². The van der Waals surface area contributed by atoms with Gasteiger partial charge in [0.2, 0.25) is 0 Å². The van der Waals surface area contributed by atoms with Gasteiger partial charge >= 0.3 is 6.18 Å². The summed E-state index contributed by atoms with van der Waals surface area (Å²) < 4.78 is 38.6. The van der Waals surface area contributed by atoms with Crippen LogP contribution in [0.4, 0.5) is 18.9 Å². The van der Waals surface area contributed by atoms with Crippen LogP contribution < -0.4 is 5.32 Å². The molecule has 1 N–H and O–H groups in total. The standard InChI is InChI=1S/C15H19F3N2/c1-3-5-6-12(4-2)20-13-8-7-11(10-19)14(9-13)15(16,17)18/h7-9,12,20H,3-6H2,1-2H3. The zero-order valence-electron chi connectivity index (χ0n) is 11.7. The van der Waals surface area contributed by atoms with Crippen molar-refractivity contribution in [1.29, 1.82) is 5.26 Å². The Labute approximate surface area is 117 Å². The lowest BCUT2D eigenvalue weighted by Gasteiger charge is -2.19. The number of hydrogen-bond acceptors (Lipinski definition) is 2. The van der Waals surface area contributed by atoms with Gasteiger partial charge in [0.05, 0.1) is 17.2 Å². The molecular weight excluding hydrogens is 265 g/mol. The summed E-state index contributed by atoms with van der Waals surface area (Å²) in [6.45, 7) is 4.08. The lowest BCUT2D eigenvalue weighted by Crippen LogP contribution is -2.19. The molecule has 0 aliphatic heterocycles. The van der Waals surface area contributed by atoms with Crippen molar-refractivity contribution in [3.05, 3.63) is 29.3 Å². The molecule has 0 spiro atoms. The maximum atomic E-state index is 12.9. The van der Waals surface area contributed by atoms with Crippen LogP contribution in [0.25, 0.3) is 0 Å². The highest BCUT2D eigenvalue weighted by atomic mass is 19.4. The molecule has 1 rings (SSSR count). The summed E-state index contributed by atoms with van der Waals surface area (Å²) in [6.07, 6.45) is -0.642. The Morgan fingerprint density at radius 2 is 2.00 bits per heavy atom. The van der Waals surface area contributed by atoms with E-state index in [0.717, 1.165) is 31.7 Å². The van der Waals surface area contributed by atoms with Crippen LogP contribution in [0.2, 0.25) is 0 Å². The molecule has 0 aliphatic rings. The number of halogens is 3. The monoisotopic (exact) mass is 284 g/mol. The molecule has 110 valence electrons. The lowest BCUT2D eigenvalue weighted by molar-refractivity contribution is -0.137. The second kappa shape index (κ2) is 7.18. The van der Waals surface area contributed by atoms with E-state index in [1.54, 1.807) is 6.07 Å². The summed E-state index contributed by atoms with van der Waals surface area (Å²) in [5, 5.41) is 11.9. The second-order valence-corrected chi connectivity index (χ2v) is 4.76. The van der Waals surface area contributed by atoms with Gasteiger partial charge in [0.15, 0.2) is 0 Å². The maximum Gasteiger partial charge on any atom is 0.417 e. The second-order valence-electron chi connectivity index (χ2n) is 4.76. The number of alkyl halides is 3. The fourth-order valence-corrected chi connectivity index (χ4v) is 2.03. The molecule has 0 fully saturated rings. The first-order chi connectivity index (χ1) is 9.42. The summed E-state index contributed by atoms with van der Waals surface area (Å²) in [7, 11) is 0. The van der Waals surface area contributed by atoms with Crippen LogP contribution in [0.3, 0.4) is 0 Å². The Balaban J connectivity index is 2.95. The van der Waals surface area contributed by atoms with Crippen LogP contribution >= 0.6 is 0 Å². The SMILES string of the molecule is CCCCC(CC)Nc1ccc(C#N)c(C(F)(F)F)c1. The third-order valence-corrected chi connectivity index (χ3v) is 3.22. The van der Waals surface area contributed by atoms with Crippen LogP contribution in [0, 0.1) is 11.3 Å². The highest BCUT2D eigenvalue weighted by Gasteiger charge is 2.33. The lowest BCUT2D eigenvalue weighted by atomic mass is 10.0. The molecule has 0 aliphatic carbocycles. The van der Waals surface area contributed by atoms with Crippen molar-refractivity contribution in [3.8, 4) is 6.07 Å². The van der Waals surface area contributed by atoms with Crippen LogP contribution in [0.15, 0.2) is 18.2 Å². The number of nitrogens with one attached hydrogen (secondary N) is 1. The molecule has 0 amide bonds. The van der Waals surface area contributed by atoms with E-state index in [4.69, 9.17) is 5.26 Å². The molecule has 0 saturated heterocycles. The zero-order chi connectivity index (χ0) is 15.2. The number of hydrogen-bond donors (Lipinski definition) is 1. The van der Waals surface area contributed by atoms with Crippen molar-refractivity contribution in [2.24, 2.45) is 0 Å². The van der Waals surface area contributed by atoms with Gasteiger partial charge in [-0.15, -0.1) is 0 Å². The minimum atomic E-state index is -4.51. The quantitative estimate of drug-likeness (QED) is 0.801. The fraction of sp³-hybridized carbons (Fsp3) is 0.533. The summed E-state index contributed by atoms with van der Waals surface area (Å²) in [5.74, 6) is 0. The average molecular weight is 284 g/mol. The molecule has 2 nitrogen and oxygen atoms in total. The molecule has 0 bridgehead atoms. The Morgan fingerprint density at radius 3 is 2.50 bits per heavy atom. The number of rotatable bonds is 6. The van der Waals surface area contributed by atoms with Crippen molar-refractivity contribution in [2.45, 2.75) is 51.7 Å².